The van der Waals surface area contributed by atoms with E-state index < -0.39 is 0 Å². The van der Waals surface area contributed by atoms with Crippen molar-refractivity contribution in [3.05, 3.63) is 10.6 Å². The Labute approximate surface area is 63.5 Å². The molecule has 0 fully saturated rings. The van der Waals surface area contributed by atoms with Crippen molar-refractivity contribution in [3.63, 3.8) is 0 Å². The van der Waals surface area contributed by atoms with Crippen LogP contribution in [0.5, 0.6) is 0 Å². The van der Waals surface area contributed by atoms with Crippen molar-refractivity contribution in [3.8, 4) is 6.07 Å². The van der Waals surface area contributed by atoms with E-state index in [4.69, 9.17) is 5.26 Å². The van der Waals surface area contributed by atoms with E-state index in [9.17, 15) is 0 Å². The van der Waals surface area contributed by atoms with Gasteiger partial charge in [0.2, 0.25) is 0 Å². The summed E-state index contributed by atoms with van der Waals surface area (Å²) in [7, 11) is 0. The predicted octanol–water partition coefficient (Wildman–Crippen LogP) is 1.36. The summed E-state index contributed by atoms with van der Waals surface area (Å²) in [4.78, 5) is 0.654. The Morgan fingerprint density at radius 1 is 1.70 bits per heavy atom. The largest absolute Gasteiger partial charge is 0.191 e. The van der Waals surface area contributed by atoms with E-state index in [2.05, 4.69) is 22.6 Å². The van der Waals surface area contributed by atoms with Gasteiger partial charge in [0.25, 0.3) is 0 Å². The minimum atomic E-state index is 0.654. The highest BCUT2D eigenvalue weighted by molar-refractivity contribution is 7.06. The second-order valence-corrected chi connectivity index (χ2v) is 2.66. The Morgan fingerprint density at radius 2 is 2.50 bits per heavy atom. The average Bonchev–Trinajstić information content (AvgIpc) is 2.36. The molecule has 0 unspecified atom stereocenters. The van der Waals surface area contributed by atoms with Crippen LogP contribution in [0.3, 0.4) is 0 Å². The summed E-state index contributed by atoms with van der Waals surface area (Å²) in [5.41, 5.74) is 0.843. The summed E-state index contributed by atoms with van der Waals surface area (Å²) < 4.78 is 3.68. The van der Waals surface area contributed by atoms with Gasteiger partial charge in [-0.05, 0) is 18.0 Å². The summed E-state index contributed by atoms with van der Waals surface area (Å²) in [6.45, 7) is 2.06. The van der Waals surface area contributed by atoms with Crippen LogP contribution in [0.25, 0.3) is 0 Å². The fourth-order valence-corrected chi connectivity index (χ4v) is 1.20. The Kier molecular flexibility index (Phi) is 2.35. The molecule has 4 heteroatoms. The van der Waals surface area contributed by atoms with Crippen molar-refractivity contribution in [2.75, 3.05) is 0 Å². The maximum atomic E-state index is 8.51. The van der Waals surface area contributed by atoms with Crippen LogP contribution in [-0.2, 0) is 6.42 Å². The second-order valence-electron chi connectivity index (χ2n) is 1.91. The van der Waals surface area contributed by atoms with E-state index in [1.165, 1.54) is 11.5 Å². The molecule has 1 aromatic heterocycles. The average molecular weight is 153 g/mol. The van der Waals surface area contributed by atoms with Gasteiger partial charge in [0, 0.05) is 0 Å². The van der Waals surface area contributed by atoms with Crippen LogP contribution >= 0.6 is 11.5 Å². The molecule has 0 bridgehead atoms. The van der Waals surface area contributed by atoms with Gasteiger partial charge in [0.15, 0.2) is 0 Å². The monoisotopic (exact) mass is 153 g/mol. The molecule has 0 saturated carbocycles. The van der Waals surface area contributed by atoms with Crippen LogP contribution in [0.2, 0.25) is 0 Å². The van der Waals surface area contributed by atoms with Gasteiger partial charge in [-0.1, -0.05) is 17.8 Å². The molecule has 0 amide bonds. The molecular formula is C6H7N3S. The maximum Gasteiger partial charge on any atom is 0.148 e. The molecule has 0 saturated heterocycles. The SMILES string of the molecule is CCCc1nnsc1C#N. The first-order chi connectivity index (χ1) is 4.88. The molecule has 0 N–H and O–H groups in total. The van der Waals surface area contributed by atoms with E-state index >= 15 is 0 Å². The molecule has 0 aromatic carbocycles. The lowest BCUT2D eigenvalue weighted by Crippen LogP contribution is -1.85. The summed E-state index contributed by atoms with van der Waals surface area (Å²) in [5, 5.41) is 12.3. The Hall–Kier alpha value is -0.950. The molecule has 0 aliphatic carbocycles. The van der Waals surface area contributed by atoms with E-state index in [-0.39, 0.29) is 0 Å². The third kappa shape index (κ3) is 1.31. The van der Waals surface area contributed by atoms with Crippen molar-refractivity contribution < 1.29 is 0 Å². The van der Waals surface area contributed by atoms with Gasteiger partial charge in [-0.3, -0.25) is 0 Å². The molecular weight excluding hydrogens is 146 g/mol. The predicted molar refractivity (Wildman–Crippen MR) is 38.6 cm³/mol. The lowest BCUT2D eigenvalue weighted by atomic mass is 10.2. The zero-order valence-electron chi connectivity index (χ0n) is 5.66. The highest BCUT2D eigenvalue weighted by Crippen LogP contribution is 2.09. The van der Waals surface area contributed by atoms with Crippen molar-refractivity contribution in [1.82, 2.24) is 9.59 Å². The van der Waals surface area contributed by atoms with Crippen LogP contribution in [-0.4, -0.2) is 9.59 Å². The number of nitriles is 1. The third-order valence-corrected chi connectivity index (χ3v) is 1.82. The van der Waals surface area contributed by atoms with Crippen LogP contribution in [0.4, 0.5) is 0 Å². The molecule has 52 valence electrons. The zero-order valence-corrected chi connectivity index (χ0v) is 6.48. The van der Waals surface area contributed by atoms with Crippen LogP contribution in [0.15, 0.2) is 0 Å². The number of aromatic nitrogens is 2. The first kappa shape index (κ1) is 7.16. The minimum absolute atomic E-state index is 0.654. The topological polar surface area (TPSA) is 49.6 Å². The molecule has 0 aliphatic rings. The lowest BCUT2D eigenvalue weighted by molar-refractivity contribution is 0.867. The van der Waals surface area contributed by atoms with Crippen LogP contribution in [0.1, 0.15) is 23.9 Å². The van der Waals surface area contributed by atoms with Crippen molar-refractivity contribution in [2.24, 2.45) is 0 Å². The fourth-order valence-electron chi connectivity index (χ4n) is 0.694. The number of hydrogen-bond acceptors (Lipinski definition) is 4. The van der Waals surface area contributed by atoms with E-state index in [1.54, 1.807) is 0 Å². The molecule has 1 rings (SSSR count). The van der Waals surface area contributed by atoms with Gasteiger partial charge in [-0.15, -0.1) is 5.10 Å². The zero-order chi connectivity index (χ0) is 7.40. The number of aryl methyl sites for hydroxylation is 1. The first-order valence-corrected chi connectivity index (χ1v) is 3.87. The molecule has 0 atom stereocenters. The Morgan fingerprint density at radius 3 is 3.10 bits per heavy atom. The quantitative estimate of drug-likeness (QED) is 0.644. The van der Waals surface area contributed by atoms with Gasteiger partial charge in [0.1, 0.15) is 10.9 Å². The highest BCUT2D eigenvalue weighted by atomic mass is 32.1. The van der Waals surface area contributed by atoms with Crippen LogP contribution in [0, 0.1) is 11.3 Å². The minimum Gasteiger partial charge on any atom is -0.191 e. The normalized spacial score (nSPS) is 9.20. The van der Waals surface area contributed by atoms with E-state index in [1.807, 2.05) is 0 Å². The Balaban J connectivity index is 2.82. The molecule has 3 nitrogen and oxygen atoms in total. The van der Waals surface area contributed by atoms with Gasteiger partial charge in [-0.25, -0.2) is 0 Å². The van der Waals surface area contributed by atoms with Gasteiger partial charge < -0.3 is 0 Å². The summed E-state index contributed by atoms with van der Waals surface area (Å²) in [6, 6.07) is 2.05. The van der Waals surface area contributed by atoms with E-state index in [0.717, 1.165) is 18.5 Å². The Bertz CT molecular complexity index is 248. The molecule has 0 spiro atoms. The second kappa shape index (κ2) is 3.28. The van der Waals surface area contributed by atoms with Crippen molar-refractivity contribution in [2.45, 2.75) is 19.8 Å². The molecule has 1 heterocycles. The molecule has 1 aromatic rings. The number of rotatable bonds is 2. The smallest absolute Gasteiger partial charge is 0.148 e. The van der Waals surface area contributed by atoms with E-state index in [0.29, 0.717) is 4.88 Å². The maximum absolute atomic E-state index is 8.51. The number of nitrogens with zero attached hydrogens (tertiary/aromatic N) is 3. The standard InChI is InChI=1S/C6H7N3S/c1-2-3-5-6(4-7)10-9-8-5/h2-3H2,1H3. The van der Waals surface area contributed by atoms with Gasteiger partial charge >= 0.3 is 0 Å². The molecule has 0 aliphatic heterocycles. The van der Waals surface area contributed by atoms with Crippen LogP contribution < -0.4 is 0 Å². The van der Waals surface area contributed by atoms with Gasteiger partial charge in [-0.2, -0.15) is 5.26 Å². The van der Waals surface area contributed by atoms with Gasteiger partial charge in [0.05, 0.1) is 5.69 Å². The van der Waals surface area contributed by atoms with Crippen molar-refractivity contribution in [1.29, 1.82) is 5.26 Å². The fraction of sp³-hybridized carbons (Fsp3) is 0.500. The number of hydrogen-bond donors (Lipinski definition) is 0. The third-order valence-electron chi connectivity index (χ3n) is 1.14. The molecule has 0 radical (unpaired) electrons. The first-order valence-electron chi connectivity index (χ1n) is 3.09. The summed E-state index contributed by atoms with van der Waals surface area (Å²) in [6.07, 6.45) is 1.87. The lowest BCUT2D eigenvalue weighted by Gasteiger charge is -1.86. The summed E-state index contributed by atoms with van der Waals surface area (Å²) >= 11 is 1.17. The summed E-state index contributed by atoms with van der Waals surface area (Å²) in [5.74, 6) is 0. The van der Waals surface area contributed by atoms with Crippen molar-refractivity contribution >= 4 is 11.5 Å². The highest BCUT2D eigenvalue weighted by Gasteiger charge is 2.03. The molecule has 10 heavy (non-hydrogen) atoms.